The zero-order valence-electron chi connectivity index (χ0n) is 18.7. The fraction of sp³-hybridized carbons (Fsp3) is 0.125. The molecule has 3 heterocycles. The van der Waals surface area contributed by atoms with Crippen LogP contribution in [0.25, 0.3) is 33.7 Å². The van der Waals surface area contributed by atoms with E-state index in [4.69, 9.17) is 0 Å². The molecule has 0 aliphatic heterocycles. The Morgan fingerprint density at radius 1 is 0.842 bits per heavy atom. The monoisotopic (exact) mass is 537 g/mol. The number of nitrogens with zero attached hydrogens (tertiary/aromatic N) is 5. The second-order valence-corrected chi connectivity index (χ2v) is 8.12. The van der Waals surface area contributed by atoms with Crippen LogP contribution >= 0.6 is 0 Å². The predicted octanol–water partition coefficient (Wildman–Crippen LogP) is 5.73. The Balaban J connectivity index is 1.41. The van der Waals surface area contributed by atoms with Gasteiger partial charge in [-0.05, 0) is 41.5 Å². The molecule has 0 saturated carbocycles. The van der Waals surface area contributed by atoms with E-state index in [1.54, 1.807) is 0 Å². The first kappa shape index (κ1) is 25.2. The molecule has 0 bridgehead atoms. The number of nitrogens with one attached hydrogen (secondary N) is 1. The van der Waals surface area contributed by atoms with Crippen LogP contribution in [0.15, 0.2) is 60.9 Å². The Bertz CT molecular complexity index is 1640. The minimum atomic E-state index is -5.05. The highest BCUT2D eigenvalue weighted by Crippen LogP contribution is 2.40. The highest BCUT2D eigenvalue weighted by atomic mass is 19.4. The van der Waals surface area contributed by atoms with Gasteiger partial charge < -0.3 is 4.98 Å². The number of imidazole rings is 1. The minimum absolute atomic E-state index is 0.0189. The van der Waals surface area contributed by atoms with Crippen molar-refractivity contribution in [3.63, 3.8) is 0 Å². The molecule has 6 nitrogen and oxygen atoms in total. The van der Waals surface area contributed by atoms with Crippen LogP contribution in [-0.4, -0.2) is 25.3 Å². The van der Waals surface area contributed by atoms with Gasteiger partial charge in [0.15, 0.2) is 11.6 Å². The van der Waals surface area contributed by atoms with Crippen LogP contribution in [0.3, 0.4) is 0 Å². The van der Waals surface area contributed by atoms with E-state index in [9.17, 15) is 35.1 Å². The average molecular weight is 537 g/mol. The molecule has 0 spiro atoms. The van der Waals surface area contributed by atoms with Gasteiger partial charge in [0.1, 0.15) is 28.7 Å². The molecule has 38 heavy (non-hydrogen) atoms. The SMILES string of the molecule is Fc1cccc(-c2nc3cn[n+](Cc4ccc(-c5ccc(C(F)(F)F)cc5C(F)(F)F)nn4)cc3[nH]2)c1F. The molecule has 14 heteroatoms. The van der Waals surface area contributed by atoms with Gasteiger partial charge in [-0.25, -0.2) is 13.8 Å². The summed E-state index contributed by atoms with van der Waals surface area (Å²) in [6.07, 6.45) is -7.12. The van der Waals surface area contributed by atoms with Gasteiger partial charge >= 0.3 is 12.4 Å². The Hall–Kier alpha value is -4.49. The van der Waals surface area contributed by atoms with Crippen LogP contribution in [0.2, 0.25) is 0 Å². The number of fused-ring (bicyclic) bond motifs is 1. The van der Waals surface area contributed by atoms with Crippen LogP contribution in [0.1, 0.15) is 16.8 Å². The number of benzene rings is 2. The van der Waals surface area contributed by atoms with Crippen LogP contribution in [-0.2, 0) is 18.9 Å². The highest BCUT2D eigenvalue weighted by molar-refractivity contribution is 5.77. The topological polar surface area (TPSA) is 71.2 Å². The summed E-state index contributed by atoms with van der Waals surface area (Å²) in [5.41, 5.74) is -2.73. The molecule has 0 atom stereocenters. The van der Waals surface area contributed by atoms with Gasteiger partial charge in [-0.15, -0.1) is 5.10 Å². The second-order valence-electron chi connectivity index (χ2n) is 8.12. The summed E-state index contributed by atoms with van der Waals surface area (Å²) in [6.45, 7) is 0.0189. The van der Waals surface area contributed by atoms with Crippen molar-refractivity contribution in [2.45, 2.75) is 18.9 Å². The number of halogens is 8. The second kappa shape index (κ2) is 9.11. The summed E-state index contributed by atoms with van der Waals surface area (Å²) in [5, 5.41) is 11.8. The normalized spacial score (nSPS) is 12.3. The van der Waals surface area contributed by atoms with Gasteiger partial charge in [0, 0.05) is 5.56 Å². The molecule has 2 aromatic carbocycles. The van der Waals surface area contributed by atoms with Gasteiger partial charge in [0.2, 0.25) is 12.7 Å². The molecule has 5 aromatic rings. The van der Waals surface area contributed by atoms with E-state index in [0.29, 0.717) is 23.2 Å². The van der Waals surface area contributed by atoms with Crippen LogP contribution < -0.4 is 4.68 Å². The molecule has 3 aromatic heterocycles. The molecule has 0 aliphatic rings. The third-order valence-corrected chi connectivity index (χ3v) is 5.55. The number of rotatable bonds is 4. The van der Waals surface area contributed by atoms with Gasteiger partial charge in [0.25, 0.3) is 0 Å². The molecule has 1 N–H and O–H groups in total. The molecule has 5 rings (SSSR count). The summed E-state index contributed by atoms with van der Waals surface area (Å²) in [4.78, 5) is 7.07. The minimum Gasteiger partial charge on any atom is -0.333 e. The lowest BCUT2D eigenvalue weighted by Gasteiger charge is -2.15. The maximum Gasteiger partial charge on any atom is 0.417 e. The smallest absolute Gasteiger partial charge is 0.333 e. The van der Waals surface area contributed by atoms with Crippen molar-refractivity contribution in [3.8, 4) is 22.6 Å². The summed E-state index contributed by atoms with van der Waals surface area (Å²) in [6, 6.07) is 7.53. The zero-order valence-corrected chi connectivity index (χ0v) is 18.7. The molecule has 0 unspecified atom stereocenters. The Kier molecular flexibility index (Phi) is 6.04. The number of aromatic nitrogens is 6. The number of aromatic amines is 1. The Morgan fingerprint density at radius 2 is 1.63 bits per heavy atom. The average Bonchev–Trinajstić information content (AvgIpc) is 3.28. The van der Waals surface area contributed by atoms with E-state index >= 15 is 0 Å². The van der Waals surface area contributed by atoms with Crippen molar-refractivity contribution in [2.75, 3.05) is 0 Å². The van der Waals surface area contributed by atoms with E-state index < -0.39 is 40.7 Å². The van der Waals surface area contributed by atoms with Crippen molar-refractivity contribution in [3.05, 3.63) is 89.4 Å². The maximum atomic E-state index is 14.1. The molecule has 0 saturated heterocycles. The highest BCUT2D eigenvalue weighted by Gasteiger charge is 2.38. The van der Waals surface area contributed by atoms with E-state index in [-0.39, 0.29) is 35.4 Å². The molecule has 0 amide bonds. The number of hydrogen-bond acceptors (Lipinski definition) is 4. The van der Waals surface area contributed by atoms with Gasteiger partial charge in [-0.2, -0.15) is 31.4 Å². The summed E-state index contributed by atoms with van der Waals surface area (Å²) in [5.74, 6) is -2.01. The lowest BCUT2D eigenvalue weighted by Crippen LogP contribution is -2.38. The number of hydrogen-bond donors (Lipinski definition) is 1. The third kappa shape index (κ3) is 4.88. The summed E-state index contributed by atoms with van der Waals surface area (Å²) >= 11 is 0. The van der Waals surface area contributed by atoms with Crippen molar-refractivity contribution >= 4 is 11.0 Å². The Morgan fingerprint density at radius 3 is 2.32 bits per heavy atom. The van der Waals surface area contributed by atoms with E-state index in [1.807, 2.05) is 0 Å². The first-order valence-corrected chi connectivity index (χ1v) is 10.7. The molecular formula is C24H13F8N6+. The quantitative estimate of drug-likeness (QED) is 0.235. The summed E-state index contributed by atoms with van der Waals surface area (Å²) < 4.78 is 108. The molecular weight excluding hydrogens is 524 g/mol. The van der Waals surface area contributed by atoms with Crippen molar-refractivity contribution in [1.82, 2.24) is 25.3 Å². The zero-order chi connectivity index (χ0) is 27.2. The van der Waals surface area contributed by atoms with E-state index in [2.05, 4.69) is 25.3 Å². The number of H-pyrrole nitrogens is 1. The van der Waals surface area contributed by atoms with Gasteiger partial charge in [-0.3, -0.25) is 0 Å². The van der Waals surface area contributed by atoms with Gasteiger partial charge in [0.05, 0.1) is 22.4 Å². The van der Waals surface area contributed by atoms with Crippen molar-refractivity contribution in [1.29, 1.82) is 0 Å². The van der Waals surface area contributed by atoms with Crippen molar-refractivity contribution in [2.24, 2.45) is 0 Å². The standard InChI is InChI=1S/C24H12F8N6/c25-17-3-1-2-15(21(17)26)22-34-19-9-33-38(11-20(19)35-22)10-13-5-7-18(37-36-13)14-6-4-12(23(27,28)29)8-16(14)24(30,31)32/h1-9,11H,10H2/p+1. The fourth-order valence-electron chi connectivity index (χ4n) is 3.74. The van der Waals surface area contributed by atoms with Crippen molar-refractivity contribution < 1.29 is 39.8 Å². The lowest BCUT2D eigenvalue weighted by atomic mass is 10.00. The van der Waals surface area contributed by atoms with E-state index in [0.717, 1.165) is 6.07 Å². The molecule has 194 valence electrons. The fourth-order valence-corrected chi connectivity index (χ4v) is 3.74. The first-order chi connectivity index (χ1) is 17.9. The largest absolute Gasteiger partial charge is 0.417 e. The summed E-state index contributed by atoms with van der Waals surface area (Å²) in [7, 11) is 0. The van der Waals surface area contributed by atoms with Crippen LogP contribution in [0.4, 0.5) is 35.1 Å². The number of alkyl halides is 6. The van der Waals surface area contributed by atoms with Crippen LogP contribution in [0, 0.1) is 11.6 Å². The van der Waals surface area contributed by atoms with Gasteiger partial charge in [-0.1, -0.05) is 16.8 Å². The molecule has 0 radical (unpaired) electrons. The predicted molar refractivity (Wildman–Crippen MR) is 116 cm³/mol. The molecule has 0 aliphatic carbocycles. The lowest BCUT2D eigenvalue weighted by molar-refractivity contribution is -0.745. The Labute approximate surface area is 207 Å². The van der Waals surface area contributed by atoms with Crippen LogP contribution in [0.5, 0.6) is 0 Å². The molecule has 0 fully saturated rings. The maximum absolute atomic E-state index is 14.1. The third-order valence-electron chi connectivity index (χ3n) is 5.55. The first-order valence-electron chi connectivity index (χ1n) is 10.7. The van der Waals surface area contributed by atoms with E-state index in [1.165, 1.54) is 41.3 Å².